The highest BCUT2D eigenvalue weighted by atomic mass is 35.5. The standard InChI is InChI=1S/C21H27ClN6OS/c1-15-4-3-5-17(22)20(15)28-11-13-30-21(28)25-18-14-19(24-16(2)23-18)27-8-6-26(7-9-27)10-12-29/h3-5,11,13-14,21,29H,6-10,12H2,1-2H3,(H,23,24,25). The Morgan fingerprint density at radius 3 is 2.73 bits per heavy atom. The zero-order valence-electron chi connectivity index (χ0n) is 17.3. The largest absolute Gasteiger partial charge is 0.395 e. The van der Waals surface area contributed by atoms with Gasteiger partial charge in [-0.25, -0.2) is 9.97 Å². The minimum atomic E-state index is -0.0350. The van der Waals surface area contributed by atoms with E-state index in [0.29, 0.717) is 0 Å². The van der Waals surface area contributed by atoms with Crippen molar-refractivity contribution in [3.63, 3.8) is 0 Å². The fourth-order valence-corrected chi connectivity index (χ4v) is 4.99. The van der Waals surface area contributed by atoms with Crippen LogP contribution in [0.1, 0.15) is 11.4 Å². The van der Waals surface area contributed by atoms with Crippen molar-refractivity contribution in [2.45, 2.75) is 19.3 Å². The first-order valence-electron chi connectivity index (χ1n) is 10.1. The number of aliphatic hydroxyl groups excluding tert-OH is 1. The number of rotatable bonds is 6. The van der Waals surface area contributed by atoms with Crippen LogP contribution in [0.4, 0.5) is 17.3 Å². The number of piperazine rings is 1. The highest BCUT2D eigenvalue weighted by Crippen LogP contribution is 2.37. The third-order valence-electron chi connectivity index (χ3n) is 5.34. The van der Waals surface area contributed by atoms with Crippen LogP contribution < -0.4 is 15.1 Å². The van der Waals surface area contributed by atoms with Gasteiger partial charge in [0.2, 0.25) is 0 Å². The molecule has 160 valence electrons. The maximum Gasteiger partial charge on any atom is 0.157 e. The molecule has 2 aromatic rings. The summed E-state index contributed by atoms with van der Waals surface area (Å²) < 4.78 is 0. The number of aliphatic hydroxyl groups is 1. The van der Waals surface area contributed by atoms with Crippen molar-refractivity contribution in [3.8, 4) is 0 Å². The van der Waals surface area contributed by atoms with E-state index in [1.807, 2.05) is 31.3 Å². The summed E-state index contributed by atoms with van der Waals surface area (Å²) in [6.07, 6.45) is 2.05. The monoisotopic (exact) mass is 446 g/mol. The Kier molecular flexibility index (Phi) is 6.67. The molecule has 9 heteroatoms. The van der Waals surface area contributed by atoms with Crippen LogP contribution in [0.3, 0.4) is 0 Å². The maximum atomic E-state index is 9.14. The quantitative estimate of drug-likeness (QED) is 0.700. The van der Waals surface area contributed by atoms with Crippen molar-refractivity contribution < 1.29 is 5.11 Å². The second-order valence-corrected chi connectivity index (χ2v) is 8.84. The number of nitrogens with one attached hydrogen (secondary N) is 1. The summed E-state index contributed by atoms with van der Waals surface area (Å²) in [5, 5.41) is 15.5. The van der Waals surface area contributed by atoms with Gasteiger partial charge in [-0.15, -0.1) is 0 Å². The molecule has 4 rings (SSSR count). The highest BCUT2D eigenvalue weighted by molar-refractivity contribution is 8.03. The number of benzene rings is 1. The molecule has 1 atom stereocenters. The van der Waals surface area contributed by atoms with Crippen LogP contribution in [0, 0.1) is 13.8 Å². The van der Waals surface area contributed by atoms with Gasteiger partial charge in [-0.05, 0) is 30.9 Å². The van der Waals surface area contributed by atoms with Gasteiger partial charge in [0.1, 0.15) is 17.5 Å². The second kappa shape index (κ2) is 9.43. The predicted molar refractivity (Wildman–Crippen MR) is 125 cm³/mol. The van der Waals surface area contributed by atoms with E-state index in [9.17, 15) is 0 Å². The first-order valence-corrected chi connectivity index (χ1v) is 11.4. The first-order chi connectivity index (χ1) is 14.5. The van der Waals surface area contributed by atoms with Gasteiger partial charge in [0.05, 0.1) is 17.3 Å². The molecule has 1 aromatic heterocycles. The van der Waals surface area contributed by atoms with E-state index >= 15 is 0 Å². The van der Waals surface area contributed by atoms with Gasteiger partial charge in [-0.2, -0.15) is 0 Å². The van der Waals surface area contributed by atoms with Crippen LogP contribution in [0.25, 0.3) is 0 Å². The average Bonchev–Trinajstić information content (AvgIpc) is 3.16. The molecule has 1 fully saturated rings. The van der Waals surface area contributed by atoms with Crippen LogP contribution >= 0.6 is 23.4 Å². The van der Waals surface area contributed by atoms with Crippen molar-refractivity contribution in [2.24, 2.45) is 0 Å². The summed E-state index contributed by atoms with van der Waals surface area (Å²) in [4.78, 5) is 16.0. The number of hydrogen-bond donors (Lipinski definition) is 2. The van der Waals surface area contributed by atoms with Crippen molar-refractivity contribution >= 4 is 40.7 Å². The number of thioether (sulfide) groups is 1. The summed E-state index contributed by atoms with van der Waals surface area (Å²) in [5.41, 5.74) is 2.10. The molecule has 2 aliphatic heterocycles. The van der Waals surface area contributed by atoms with E-state index in [1.54, 1.807) is 11.8 Å². The molecule has 7 nitrogen and oxygen atoms in total. The zero-order valence-corrected chi connectivity index (χ0v) is 18.8. The SMILES string of the molecule is Cc1nc(NC2SC=CN2c2c(C)cccc2Cl)cc(N2CCN(CCO)CC2)n1. The molecule has 1 aromatic carbocycles. The van der Waals surface area contributed by atoms with Gasteiger partial charge >= 0.3 is 0 Å². The Balaban J connectivity index is 1.50. The number of anilines is 3. The molecule has 2 N–H and O–H groups in total. The third kappa shape index (κ3) is 4.67. The van der Waals surface area contributed by atoms with E-state index in [-0.39, 0.29) is 12.1 Å². The maximum absolute atomic E-state index is 9.14. The molecular weight excluding hydrogens is 420 g/mol. The smallest absolute Gasteiger partial charge is 0.157 e. The summed E-state index contributed by atoms with van der Waals surface area (Å²) >= 11 is 8.18. The molecule has 0 aliphatic carbocycles. The number of halogens is 1. The molecule has 0 amide bonds. The Hall–Kier alpha value is -2.00. The molecule has 3 heterocycles. The lowest BCUT2D eigenvalue weighted by Gasteiger charge is -2.35. The van der Waals surface area contributed by atoms with E-state index in [4.69, 9.17) is 16.7 Å². The van der Waals surface area contributed by atoms with Gasteiger partial charge in [0.25, 0.3) is 0 Å². The zero-order chi connectivity index (χ0) is 21.1. The number of hydrogen-bond acceptors (Lipinski definition) is 8. The van der Waals surface area contributed by atoms with Crippen LogP contribution in [0.15, 0.2) is 35.9 Å². The predicted octanol–water partition coefficient (Wildman–Crippen LogP) is 3.28. The molecular formula is C21H27ClN6OS. The number of β-amino-alcohol motifs (C(OH)–C–C–N with tert-alkyl or cyclic N) is 1. The van der Waals surface area contributed by atoms with Crippen LogP contribution in [0.5, 0.6) is 0 Å². The molecule has 2 aliphatic rings. The van der Waals surface area contributed by atoms with E-state index in [1.165, 1.54) is 0 Å². The van der Waals surface area contributed by atoms with Crippen molar-refractivity contribution in [1.82, 2.24) is 14.9 Å². The van der Waals surface area contributed by atoms with Crippen molar-refractivity contribution in [3.05, 3.63) is 52.3 Å². The summed E-state index contributed by atoms with van der Waals surface area (Å²) in [6, 6.07) is 7.97. The minimum Gasteiger partial charge on any atom is -0.395 e. The van der Waals surface area contributed by atoms with Gasteiger partial charge < -0.3 is 20.2 Å². The number of aryl methyl sites for hydroxylation is 2. The Morgan fingerprint density at radius 1 is 1.20 bits per heavy atom. The summed E-state index contributed by atoms with van der Waals surface area (Å²) in [7, 11) is 0. The second-order valence-electron chi connectivity index (χ2n) is 7.44. The van der Waals surface area contributed by atoms with Crippen molar-refractivity contribution in [1.29, 1.82) is 0 Å². The van der Waals surface area contributed by atoms with E-state index < -0.39 is 0 Å². The molecule has 0 bridgehead atoms. The fraction of sp³-hybridized carbons (Fsp3) is 0.429. The number of nitrogens with zero attached hydrogens (tertiary/aromatic N) is 5. The van der Waals surface area contributed by atoms with Crippen molar-refractivity contribution in [2.75, 3.05) is 54.4 Å². The van der Waals surface area contributed by atoms with Crippen LogP contribution in [0.2, 0.25) is 5.02 Å². The molecule has 30 heavy (non-hydrogen) atoms. The topological polar surface area (TPSA) is 67.8 Å². The Morgan fingerprint density at radius 2 is 2.00 bits per heavy atom. The van der Waals surface area contributed by atoms with Gasteiger partial charge in [-0.1, -0.05) is 35.5 Å². The molecule has 0 spiro atoms. The highest BCUT2D eigenvalue weighted by Gasteiger charge is 2.25. The lowest BCUT2D eigenvalue weighted by atomic mass is 10.2. The van der Waals surface area contributed by atoms with E-state index in [0.717, 1.165) is 66.5 Å². The Labute approximate surface area is 186 Å². The number of aromatic nitrogens is 2. The number of para-hydroxylation sites is 1. The summed E-state index contributed by atoms with van der Waals surface area (Å²) in [5.74, 6) is 2.47. The lowest BCUT2D eigenvalue weighted by Crippen LogP contribution is -2.47. The molecule has 0 radical (unpaired) electrons. The van der Waals surface area contributed by atoms with Gasteiger partial charge in [0, 0.05) is 45.0 Å². The normalized spacial score (nSPS) is 19.5. The first kappa shape index (κ1) is 21.2. The van der Waals surface area contributed by atoms with Gasteiger partial charge in [-0.3, -0.25) is 4.90 Å². The van der Waals surface area contributed by atoms with Crippen LogP contribution in [-0.4, -0.2) is 64.8 Å². The molecule has 1 saturated heterocycles. The molecule has 1 unspecified atom stereocenters. The lowest BCUT2D eigenvalue weighted by molar-refractivity contribution is 0.188. The summed E-state index contributed by atoms with van der Waals surface area (Å²) in [6.45, 7) is 8.55. The molecule has 0 saturated carbocycles. The Bertz CT molecular complexity index is 898. The third-order valence-corrected chi connectivity index (χ3v) is 6.52. The van der Waals surface area contributed by atoms with Gasteiger partial charge in [0.15, 0.2) is 5.50 Å². The van der Waals surface area contributed by atoms with Crippen LogP contribution in [-0.2, 0) is 0 Å². The van der Waals surface area contributed by atoms with E-state index in [2.05, 4.69) is 48.4 Å². The fourth-order valence-electron chi connectivity index (χ4n) is 3.82. The average molecular weight is 447 g/mol. The minimum absolute atomic E-state index is 0.0350.